The van der Waals surface area contributed by atoms with Crippen LogP contribution in [0.5, 0.6) is 0 Å². The summed E-state index contributed by atoms with van der Waals surface area (Å²) in [5.41, 5.74) is -0.436. The highest BCUT2D eigenvalue weighted by Crippen LogP contribution is 2.36. The molecule has 1 fully saturated rings. The Balaban J connectivity index is 2.24. The molecule has 0 radical (unpaired) electrons. The van der Waals surface area contributed by atoms with E-state index in [1.165, 1.54) is 4.90 Å². The molecule has 6 heteroatoms. The Hall–Kier alpha value is -1.43. The Morgan fingerprint density at radius 3 is 2.81 bits per heavy atom. The fourth-order valence-electron chi connectivity index (χ4n) is 2.93. The van der Waals surface area contributed by atoms with E-state index in [0.29, 0.717) is 12.3 Å². The Bertz CT molecular complexity index is 538. The van der Waals surface area contributed by atoms with E-state index >= 15 is 0 Å². The van der Waals surface area contributed by atoms with Crippen molar-refractivity contribution in [3.05, 3.63) is 23.7 Å². The third kappa shape index (κ3) is 3.26. The summed E-state index contributed by atoms with van der Waals surface area (Å²) in [4.78, 5) is 25.6. The quantitative estimate of drug-likeness (QED) is 0.926. The molecule has 1 saturated heterocycles. The molecule has 1 aliphatic rings. The van der Waals surface area contributed by atoms with Crippen molar-refractivity contribution in [3.63, 3.8) is 0 Å². The van der Waals surface area contributed by atoms with E-state index in [1.807, 2.05) is 20.1 Å². The maximum absolute atomic E-state index is 12.6. The highest BCUT2D eigenvalue weighted by atomic mass is 32.2. The minimum atomic E-state index is -0.955. The number of carboxylic acid groups (broad SMARTS) is 1. The van der Waals surface area contributed by atoms with Crippen LogP contribution in [0, 0.1) is 5.41 Å². The summed E-state index contributed by atoms with van der Waals surface area (Å²) in [5.74, 6) is 0.365. The average Bonchev–Trinajstić information content (AvgIpc) is 2.85. The fraction of sp³-hybridized carbons (Fsp3) is 0.600. The van der Waals surface area contributed by atoms with E-state index in [-0.39, 0.29) is 11.7 Å². The molecule has 0 aromatic carbocycles. The molecular weight excluding hydrogens is 290 g/mol. The van der Waals surface area contributed by atoms with Crippen LogP contribution in [0.3, 0.4) is 0 Å². The SMILES string of the molecule is CSCc1ccc(C(=O)N2CCCC(C)(C)C2C(=O)O)o1. The maximum atomic E-state index is 12.6. The molecule has 0 bridgehead atoms. The smallest absolute Gasteiger partial charge is 0.326 e. The first-order valence-electron chi connectivity index (χ1n) is 6.98. The second kappa shape index (κ2) is 6.13. The predicted octanol–water partition coefficient (Wildman–Crippen LogP) is 2.86. The van der Waals surface area contributed by atoms with Crippen LogP contribution in [0.4, 0.5) is 0 Å². The first-order chi connectivity index (χ1) is 9.86. The van der Waals surface area contributed by atoms with Crippen molar-refractivity contribution in [3.8, 4) is 0 Å². The van der Waals surface area contributed by atoms with Gasteiger partial charge in [-0.25, -0.2) is 4.79 Å². The molecule has 0 spiro atoms. The van der Waals surface area contributed by atoms with Crippen LogP contribution >= 0.6 is 11.8 Å². The summed E-state index contributed by atoms with van der Waals surface area (Å²) in [5, 5.41) is 9.50. The number of carbonyl (C=O) groups excluding carboxylic acids is 1. The normalized spacial score (nSPS) is 21.3. The van der Waals surface area contributed by atoms with Gasteiger partial charge in [0.2, 0.25) is 0 Å². The standard InChI is InChI=1S/C15H21NO4S/c1-15(2)7-4-8-16(12(15)14(18)19)13(17)11-6-5-10(20-11)9-21-3/h5-6,12H,4,7-9H2,1-3H3,(H,18,19). The number of hydrogen-bond donors (Lipinski definition) is 1. The first-order valence-corrected chi connectivity index (χ1v) is 8.37. The van der Waals surface area contributed by atoms with Crippen LogP contribution in [0.2, 0.25) is 0 Å². The van der Waals surface area contributed by atoms with E-state index in [2.05, 4.69) is 0 Å². The van der Waals surface area contributed by atoms with E-state index in [4.69, 9.17) is 4.42 Å². The van der Waals surface area contributed by atoms with Crippen molar-refractivity contribution in [1.82, 2.24) is 4.90 Å². The number of thioether (sulfide) groups is 1. The highest BCUT2D eigenvalue weighted by Gasteiger charge is 2.45. The van der Waals surface area contributed by atoms with Gasteiger partial charge in [0, 0.05) is 6.54 Å². The van der Waals surface area contributed by atoms with E-state index in [9.17, 15) is 14.7 Å². The molecule has 1 atom stereocenters. The summed E-state index contributed by atoms with van der Waals surface area (Å²) in [6.45, 7) is 4.25. The summed E-state index contributed by atoms with van der Waals surface area (Å²) >= 11 is 1.61. The van der Waals surface area contributed by atoms with Gasteiger partial charge in [-0.15, -0.1) is 0 Å². The average molecular weight is 311 g/mol. The predicted molar refractivity (Wildman–Crippen MR) is 81.4 cm³/mol. The number of hydrogen-bond acceptors (Lipinski definition) is 4. The second-order valence-electron chi connectivity index (χ2n) is 6.03. The zero-order valence-corrected chi connectivity index (χ0v) is 13.4. The zero-order valence-electron chi connectivity index (χ0n) is 12.6. The van der Waals surface area contributed by atoms with Gasteiger partial charge in [0.05, 0.1) is 5.75 Å². The molecule has 1 N–H and O–H groups in total. The third-order valence-corrected chi connectivity index (χ3v) is 4.50. The van der Waals surface area contributed by atoms with E-state index < -0.39 is 17.4 Å². The highest BCUT2D eigenvalue weighted by molar-refractivity contribution is 7.97. The summed E-state index contributed by atoms with van der Waals surface area (Å²) in [6, 6.07) is 2.59. The number of rotatable bonds is 4. The van der Waals surface area contributed by atoms with Crippen LogP contribution in [0.15, 0.2) is 16.5 Å². The summed E-state index contributed by atoms with van der Waals surface area (Å²) < 4.78 is 5.53. The summed E-state index contributed by atoms with van der Waals surface area (Å²) in [6.07, 6.45) is 3.56. The van der Waals surface area contributed by atoms with Gasteiger partial charge in [-0.3, -0.25) is 4.79 Å². The molecule has 21 heavy (non-hydrogen) atoms. The number of nitrogens with zero attached hydrogens (tertiary/aromatic N) is 1. The molecule has 116 valence electrons. The zero-order chi connectivity index (χ0) is 15.6. The number of aliphatic carboxylic acids is 1. The van der Waals surface area contributed by atoms with Crippen molar-refractivity contribution >= 4 is 23.6 Å². The minimum Gasteiger partial charge on any atom is -0.480 e. The fourth-order valence-corrected chi connectivity index (χ4v) is 3.37. The number of piperidine rings is 1. The molecule has 1 unspecified atom stereocenters. The lowest BCUT2D eigenvalue weighted by Crippen LogP contribution is -2.56. The Morgan fingerprint density at radius 1 is 1.48 bits per heavy atom. The number of carboxylic acids is 1. The Morgan fingerprint density at radius 2 is 2.19 bits per heavy atom. The largest absolute Gasteiger partial charge is 0.480 e. The number of amides is 1. The molecule has 2 heterocycles. The van der Waals surface area contributed by atoms with Crippen LogP contribution in [-0.2, 0) is 10.5 Å². The maximum Gasteiger partial charge on any atom is 0.326 e. The van der Waals surface area contributed by atoms with Crippen molar-refractivity contribution in [2.45, 2.75) is 38.5 Å². The van der Waals surface area contributed by atoms with Gasteiger partial charge in [0.25, 0.3) is 5.91 Å². The van der Waals surface area contributed by atoms with Crippen LogP contribution in [0.25, 0.3) is 0 Å². The number of carbonyl (C=O) groups is 2. The van der Waals surface area contributed by atoms with Gasteiger partial charge >= 0.3 is 5.97 Å². The molecular formula is C15H21NO4S. The van der Waals surface area contributed by atoms with E-state index in [0.717, 1.165) is 18.6 Å². The van der Waals surface area contributed by atoms with Gasteiger partial charge in [0.1, 0.15) is 11.8 Å². The number of furan rings is 1. The van der Waals surface area contributed by atoms with Crippen molar-refractivity contribution in [1.29, 1.82) is 0 Å². The van der Waals surface area contributed by atoms with Crippen molar-refractivity contribution < 1.29 is 19.1 Å². The molecule has 5 nitrogen and oxygen atoms in total. The second-order valence-corrected chi connectivity index (χ2v) is 6.90. The molecule has 1 amide bonds. The van der Waals surface area contributed by atoms with Gasteiger partial charge in [-0.2, -0.15) is 11.8 Å². The molecule has 0 saturated carbocycles. The minimum absolute atomic E-state index is 0.225. The Kier molecular flexibility index (Phi) is 4.66. The molecule has 0 aliphatic carbocycles. The lowest BCUT2D eigenvalue weighted by molar-refractivity contribution is -0.148. The van der Waals surface area contributed by atoms with Crippen molar-refractivity contribution in [2.24, 2.45) is 5.41 Å². The van der Waals surface area contributed by atoms with Gasteiger partial charge in [0.15, 0.2) is 5.76 Å². The van der Waals surface area contributed by atoms with E-state index in [1.54, 1.807) is 23.9 Å². The van der Waals surface area contributed by atoms with Crippen LogP contribution in [-0.4, -0.2) is 40.7 Å². The van der Waals surface area contributed by atoms with Crippen LogP contribution in [0.1, 0.15) is 43.0 Å². The molecule has 2 rings (SSSR count). The molecule has 1 aromatic heterocycles. The Labute approximate surface area is 128 Å². The van der Waals surface area contributed by atoms with Gasteiger partial charge in [-0.05, 0) is 36.6 Å². The topological polar surface area (TPSA) is 70.8 Å². The first kappa shape index (κ1) is 15.9. The van der Waals surface area contributed by atoms with Crippen molar-refractivity contribution in [2.75, 3.05) is 12.8 Å². The lowest BCUT2D eigenvalue weighted by atomic mass is 9.76. The molecule has 1 aliphatic heterocycles. The number of likely N-dealkylation sites (tertiary alicyclic amines) is 1. The van der Waals surface area contributed by atoms with Gasteiger partial charge in [-0.1, -0.05) is 13.8 Å². The molecule has 1 aromatic rings. The monoisotopic (exact) mass is 311 g/mol. The van der Waals surface area contributed by atoms with Crippen LogP contribution < -0.4 is 0 Å². The lowest BCUT2D eigenvalue weighted by Gasteiger charge is -2.43. The van der Waals surface area contributed by atoms with Gasteiger partial charge < -0.3 is 14.4 Å². The summed E-state index contributed by atoms with van der Waals surface area (Å²) in [7, 11) is 0. The third-order valence-electron chi connectivity index (χ3n) is 3.93.